The number of hydrogen-bond acceptors (Lipinski definition) is 6. The fourth-order valence-corrected chi connectivity index (χ4v) is 3.51. The predicted octanol–water partition coefficient (Wildman–Crippen LogP) is 3.50. The number of nitrogens with two attached hydrogens (primary N) is 1. The fourth-order valence-electron chi connectivity index (χ4n) is 3.51. The topological polar surface area (TPSA) is 96.6 Å². The molecule has 0 radical (unpaired) electrons. The van der Waals surface area contributed by atoms with Gasteiger partial charge in [0.05, 0.1) is 24.8 Å². The predicted molar refractivity (Wildman–Crippen MR) is 113 cm³/mol. The molecule has 2 aromatic heterocycles. The molecular weight excluding hydrogens is 401 g/mol. The lowest BCUT2D eigenvalue weighted by atomic mass is 10.0. The molecule has 1 aliphatic rings. The van der Waals surface area contributed by atoms with Crippen molar-refractivity contribution >= 4 is 16.8 Å². The second kappa shape index (κ2) is 9.80. The number of hydrogen-bond donors (Lipinski definition) is 1. The molecule has 0 aliphatic carbocycles. The number of amides is 1. The zero-order valence-corrected chi connectivity index (χ0v) is 17.1. The van der Waals surface area contributed by atoms with Crippen LogP contribution in [0.4, 0.5) is 4.39 Å². The standard InChI is InChI=1S/C23H24FN3O4/c24-19-12-15(18-14-26-13-16-2-4-20(23(25)28)27-22(16)18)3-5-21(19)31-9-1-8-30-17-6-10-29-11-7-17/h2-5,12-14,17H,1,6-11H2,(H2,25,28). The normalized spacial score (nSPS) is 14.6. The van der Waals surface area contributed by atoms with Crippen LogP contribution in [0.5, 0.6) is 5.75 Å². The molecule has 0 saturated carbocycles. The van der Waals surface area contributed by atoms with E-state index < -0.39 is 11.7 Å². The molecule has 162 valence electrons. The largest absolute Gasteiger partial charge is 0.490 e. The highest BCUT2D eigenvalue weighted by Crippen LogP contribution is 2.30. The number of ether oxygens (including phenoxy) is 3. The van der Waals surface area contributed by atoms with Crippen LogP contribution >= 0.6 is 0 Å². The van der Waals surface area contributed by atoms with Crippen LogP contribution in [0, 0.1) is 5.82 Å². The third-order valence-corrected chi connectivity index (χ3v) is 5.16. The van der Waals surface area contributed by atoms with E-state index in [4.69, 9.17) is 19.9 Å². The minimum absolute atomic E-state index is 0.142. The third-order valence-electron chi connectivity index (χ3n) is 5.16. The summed E-state index contributed by atoms with van der Waals surface area (Å²) in [6.07, 6.45) is 5.95. The van der Waals surface area contributed by atoms with Gasteiger partial charge in [-0.05, 0) is 42.7 Å². The number of pyridine rings is 2. The Morgan fingerprint density at radius 1 is 1.16 bits per heavy atom. The first kappa shape index (κ1) is 21.1. The van der Waals surface area contributed by atoms with Gasteiger partial charge in [0, 0.05) is 43.0 Å². The van der Waals surface area contributed by atoms with Gasteiger partial charge in [0.15, 0.2) is 11.6 Å². The SMILES string of the molecule is NC(=O)c1ccc2cncc(-c3ccc(OCCCOC4CCOCC4)c(F)c3)c2n1. The molecule has 0 atom stereocenters. The van der Waals surface area contributed by atoms with E-state index in [1.54, 1.807) is 36.7 Å². The van der Waals surface area contributed by atoms with Gasteiger partial charge in [-0.2, -0.15) is 0 Å². The minimum atomic E-state index is -0.625. The Labute approximate surface area is 179 Å². The van der Waals surface area contributed by atoms with Crippen LogP contribution in [0.15, 0.2) is 42.7 Å². The quantitative estimate of drug-likeness (QED) is 0.555. The third kappa shape index (κ3) is 5.15. The van der Waals surface area contributed by atoms with Crippen LogP contribution in [0.2, 0.25) is 0 Å². The van der Waals surface area contributed by atoms with Crippen molar-refractivity contribution in [1.82, 2.24) is 9.97 Å². The zero-order chi connectivity index (χ0) is 21.6. The maximum Gasteiger partial charge on any atom is 0.267 e. The van der Waals surface area contributed by atoms with E-state index in [9.17, 15) is 9.18 Å². The van der Waals surface area contributed by atoms with Crippen LogP contribution < -0.4 is 10.5 Å². The van der Waals surface area contributed by atoms with E-state index in [1.165, 1.54) is 6.07 Å². The molecule has 1 aromatic carbocycles. The van der Waals surface area contributed by atoms with Gasteiger partial charge in [-0.1, -0.05) is 6.07 Å². The van der Waals surface area contributed by atoms with Crippen molar-refractivity contribution in [3.05, 3.63) is 54.2 Å². The zero-order valence-electron chi connectivity index (χ0n) is 17.1. The van der Waals surface area contributed by atoms with Crippen LogP contribution in [-0.2, 0) is 9.47 Å². The number of carbonyl (C=O) groups excluding carboxylic acids is 1. The van der Waals surface area contributed by atoms with Crippen molar-refractivity contribution in [2.75, 3.05) is 26.4 Å². The van der Waals surface area contributed by atoms with E-state index in [0.717, 1.165) is 31.4 Å². The average molecular weight is 425 g/mol. The Balaban J connectivity index is 1.41. The first-order valence-corrected chi connectivity index (χ1v) is 10.3. The first-order valence-electron chi connectivity index (χ1n) is 10.3. The summed E-state index contributed by atoms with van der Waals surface area (Å²) < 4.78 is 31.3. The van der Waals surface area contributed by atoms with Crippen LogP contribution in [0.1, 0.15) is 29.8 Å². The highest BCUT2D eigenvalue weighted by atomic mass is 19.1. The maximum atomic E-state index is 14.7. The van der Waals surface area contributed by atoms with E-state index in [-0.39, 0.29) is 17.5 Å². The molecule has 1 fully saturated rings. The summed E-state index contributed by atoms with van der Waals surface area (Å²) in [5.41, 5.74) is 7.20. The van der Waals surface area contributed by atoms with Crippen molar-refractivity contribution in [2.45, 2.75) is 25.4 Å². The molecule has 0 unspecified atom stereocenters. The second-order valence-electron chi connectivity index (χ2n) is 7.35. The van der Waals surface area contributed by atoms with Gasteiger partial charge < -0.3 is 19.9 Å². The van der Waals surface area contributed by atoms with Crippen LogP contribution in [0.25, 0.3) is 22.0 Å². The summed E-state index contributed by atoms with van der Waals surface area (Å²) in [5.74, 6) is -0.930. The van der Waals surface area contributed by atoms with Gasteiger partial charge in [-0.3, -0.25) is 9.78 Å². The number of halogens is 1. The molecule has 0 spiro atoms. The minimum Gasteiger partial charge on any atom is -0.490 e. The molecular formula is C23H24FN3O4. The van der Waals surface area contributed by atoms with Crippen molar-refractivity contribution in [1.29, 1.82) is 0 Å². The Morgan fingerprint density at radius 2 is 2.00 bits per heavy atom. The van der Waals surface area contributed by atoms with Gasteiger partial charge in [-0.15, -0.1) is 0 Å². The summed E-state index contributed by atoms with van der Waals surface area (Å²) in [7, 11) is 0. The van der Waals surface area contributed by atoms with E-state index in [0.29, 0.717) is 36.3 Å². The van der Waals surface area contributed by atoms with Crippen LogP contribution in [-0.4, -0.2) is 48.4 Å². The molecule has 0 bridgehead atoms. The molecule has 8 heteroatoms. The summed E-state index contributed by atoms with van der Waals surface area (Å²) in [6, 6.07) is 7.96. The monoisotopic (exact) mass is 425 g/mol. The van der Waals surface area contributed by atoms with Gasteiger partial charge in [0.2, 0.25) is 0 Å². The summed E-state index contributed by atoms with van der Waals surface area (Å²) in [4.78, 5) is 20.0. The number of aromatic nitrogens is 2. The smallest absolute Gasteiger partial charge is 0.267 e. The first-order chi connectivity index (χ1) is 15.1. The number of nitrogens with zero attached hydrogens (tertiary/aromatic N) is 2. The summed E-state index contributed by atoms with van der Waals surface area (Å²) in [6.45, 7) is 2.41. The lowest BCUT2D eigenvalue weighted by Gasteiger charge is -2.22. The van der Waals surface area contributed by atoms with E-state index in [1.807, 2.05) is 0 Å². The molecule has 1 amide bonds. The Kier molecular flexibility index (Phi) is 6.69. The molecule has 1 aliphatic heterocycles. The summed E-state index contributed by atoms with van der Waals surface area (Å²) >= 11 is 0. The second-order valence-corrected chi connectivity index (χ2v) is 7.35. The number of benzene rings is 1. The van der Waals surface area contributed by atoms with Gasteiger partial charge >= 0.3 is 0 Å². The molecule has 4 rings (SSSR count). The van der Waals surface area contributed by atoms with Crippen molar-refractivity contribution in [3.8, 4) is 16.9 Å². The van der Waals surface area contributed by atoms with Crippen LogP contribution in [0.3, 0.4) is 0 Å². The highest BCUT2D eigenvalue weighted by Gasteiger charge is 2.14. The van der Waals surface area contributed by atoms with E-state index >= 15 is 0 Å². The maximum absolute atomic E-state index is 14.7. The van der Waals surface area contributed by atoms with Crippen molar-refractivity contribution in [3.63, 3.8) is 0 Å². The molecule has 2 N–H and O–H groups in total. The fraction of sp³-hybridized carbons (Fsp3) is 0.348. The molecule has 1 saturated heterocycles. The number of primary amides is 1. The lowest BCUT2D eigenvalue weighted by Crippen LogP contribution is -2.24. The van der Waals surface area contributed by atoms with Gasteiger partial charge in [-0.25, -0.2) is 9.37 Å². The van der Waals surface area contributed by atoms with Crippen molar-refractivity contribution in [2.24, 2.45) is 5.73 Å². The number of rotatable bonds is 8. The number of fused-ring (bicyclic) bond motifs is 1. The average Bonchev–Trinajstić information content (AvgIpc) is 2.79. The Morgan fingerprint density at radius 3 is 2.77 bits per heavy atom. The summed E-state index contributed by atoms with van der Waals surface area (Å²) in [5, 5.41) is 0.729. The van der Waals surface area contributed by atoms with Gasteiger partial charge in [0.25, 0.3) is 5.91 Å². The Bertz CT molecular complexity index is 1070. The van der Waals surface area contributed by atoms with E-state index in [2.05, 4.69) is 9.97 Å². The Hall–Kier alpha value is -3.10. The molecule has 3 aromatic rings. The molecule has 31 heavy (non-hydrogen) atoms. The lowest BCUT2D eigenvalue weighted by molar-refractivity contribution is -0.0342. The number of carbonyl (C=O) groups is 1. The molecule has 7 nitrogen and oxygen atoms in total. The van der Waals surface area contributed by atoms with Crippen molar-refractivity contribution < 1.29 is 23.4 Å². The molecule has 3 heterocycles. The van der Waals surface area contributed by atoms with Gasteiger partial charge in [0.1, 0.15) is 5.69 Å². The highest BCUT2D eigenvalue weighted by molar-refractivity contribution is 5.97.